The second kappa shape index (κ2) is 5.92. The van der Waals surface area contributed by atoms with E-state index in [2.05, 4.69) is 45.0 Å². The predicted molar refractivity (Wildman–Crippen MR) is 97.7 cm³/mol. The van der Waals surface area contributed by atoms with Crippen molar-refractivity contribution in [1.29, 1.82) is 0 Å². The number of phenols is 1. The van der Waals surface area contributed by atoms with Gasteiger partial charge in [0.25, 0.3) is 0 Å². The molecule has 0 spiro atoms. The molecule has 0 aliphatic heterocycles. The Balaban J connectivity index is 2.38. The van der Waals surface area contributed by atoms with Crippen LogP contribution in [0.15, 0.2) is 72.8 Å². The maximum Gasteiger partial charge on any atom is 0.119 e. The molecule has 0 heterocycles. The van der Waals surface area contributed by atoms with Gasteiger partial charge in [-0.25, -0.2) is 0 Å². The quantitative estimate of drug-likeness (QED) is 0.613. The molecule has 0 amide bonds. The van der Waals surface area contributed by atoms with Gasteiger partial charge in [-0.1, -0.05) is 87.5 Å². The highest BCUT2D eigenvalue weighted by Gasteiger charge is 2.25. The zero-order chi connectivity index (χ0) is 16.4. The lowest BCUT2D eigenvalue weighted by Gasteiger charge is -2.26. The number of rotatable bonds is 2. The van der Waals surface area contributed by atoms with Crippen molar-refractivity contribution in [2.45, 2.75) is 26.2 Å². The molecule has 1 heteroatoms. The topological polar surface area (TPSA) is 20.2 Å². The van der Waals surface area contributed by atoms with Crippen LogP contribution in [0.1, 0.15) is 26.3 Å². The van der Waals surface area contributed by atoms with E-state index in [1.165, 1.54) is 0 Å². The van der Waals surface area contributed by atoms with Crippen LogP contribution in [0.5, 0.6) is 5.75 Å². The van der Waals surface area contributed by atoms with Gasteiger partial charge in [-0.2, -0.15) is 0 Å². The van der Waals surface area contributed by atoms with E-state index in [0.29, 0.717) is 5.75 Å². The van der Waals surface area contributed by atoms with Crippen LogP contribution in [0, 0.1) is 0 Å². The molecule has 0 radical (unpaired) electrons. The first kappa shape index (κ1) is 15.4. The van der Waals surface area contributed by atoms with Crippen LogP contribution in [0.25, 0.3) is 22.3 Å². The molecule has 116 valence electrons. The molecule has 1 N–H and O–H groups in total. The maximum atomic E-state index is 10.6. The van der Waals surface area contributed by atoms with E-state index in [0.717, 1.165) is 27.8 Å². The molecule has 0 fully saturated rings. The second-order valence-electron chi connectivity index (χ2n) is 6.86. The lowest BCUT2D eigenvalue weighted by atomic mass is 9.78. The van der Waals surface area contributed by atoms with Gasteiger partial charge in [-0.3, -0.25) is 0 Å². The van der Waals surface area contributed by atoms with Crippen molar-refractivity contribution in [3.63, 3.8) is 0 Å². The fourth-order valence-electron chi connectivity index (χ4n) is 3.11. The molecule has 0 bridgehead atoms. The molecule has 0 aromatic heterocycles. The monoisotopic (exact) mass is 302 g/mol. The first-order valence-corrected chi connectivity index (χ1v) is 7.96. The van der Waals surface area contributed by atoms with Gasteiger partial charge in [0.2, 0.25) is 0 Å². The lowest BCUT2D eigenvalue weighted by molar-refractivity contribution is 0.447. The highest BCUT2D eigenvalue weighted by Crippen LogP contribution is 2.44. The number of benzene rings is 3. The molecule has 0 saturated carbocycles. The van der Waals surface area contributed by atoms with Crippen molar-refractivity contribution < 1.29 is 5.11 Å². The first-order valence-electron chi connectivity index (χ1n) is 7.96. The molecular formula is C22H22O. The molecular weight excluding hydrogens is 280 g/mol. The Hall–Kier alpha value is -2.54. The Labute approximate surface area is 138 Å². The standard InChI is InChI=1S/C22H22O/c1-22(2,3)21-19(23)15-14-18(16-10-6-4-7-11-16)20(21)17-12-8-5-9-13-17/h4-15,23H,1-3H3. The molecule has 0 aliphatic carbocycles. The van der Waals surface area contributed by atoms with Crippen molar-refractivity contribution in [2.24, 2.45) is 0 Å². The van der Waals surface area contributed by atoms with E-state index in [4.69, 9.17) is 0 Å². The van der Waals surface area contributed by atoms with E-state index in [-0.39, 0.29) is 5.41 Å². The zero-order valence-electron chi connectivity index (χ0n) is 13.9. The SMILES string of the molecule is CC(C)(C)c1c(O)ccc(-c2ccccc2)c1-c1ccccc1. The molecule has 0 aliphatic rings. The summed E-state index contributed by atoms with van der Waals surface area (Å²) in [6, 6.07) is 24.5. The zero-order valence-corrected chi connectivity index (χ0v) is 13.9. The largest absolute Gasteiger partial charge is 0.508 e. The minimum Gasteiger partial charge on any atom is -0.508 e. The maximum absolute atomic E-state index is 10.6. The highest BCUT2D eigenvalue weighted by molar-refractivity contribution is 5.88. The summed E-state index contributed by atoms with van der Waals surface area (Å²) in [7, 11) is 0. The second-order valence-corrected chi connectivity index (χ2v) is 6.86. The van der Waals surface area contributed by atoms with Crippen LogP contribution in [-0.4, -0.2) is 5.11 Å². The van der Waals surface area contributed by atoms with E-state index in [1.54, 1.807) is 0 Å². The van der Waals surface area contributed by atoms with Gasteiger partial charge < -0.3 is 5.11 Å². The fourth-order valence-corrected chi connectivity index (χ4v) is 3.11. The van der Waals surface area contributed by atoms with E-state index in [1.807, 2.05) is 48.5 Å². The normalized spacial score (nSPS) is 11.4. The minimum absolute atomic E-state index is 0.153. The number of aromatic hydroxyl groups is 1. The summed E-state index contributed by atoms with van der Waals surface area (Å²) in [6.45, 7) is 6.43. The van der Waals surface area contributed by atoms with Gasteiger partial charge in [0.05, 0.1) is 0 Å². The van der Waals surface area contributed by atoms with E-state index in [9.17, 15) is 5.11 Å². The summed E-state index contributed by atoms with van der Waals surface area (Å²) in [5.41, 5.74) is 5.40. The Morgan fingerprint density at radius 1 is 0.652 bits per heavy atom. The fraction of sp³-hybridized carbons (Fsp3) is 0.182. The summed E-state index contributed by atoms with van der Waals surface area (Å²) < 4.78 is 0. The smallest absolute Gasteiger partial charge is 0.119 e. The van der Waals surface area contributed by atoms with Crippen molar-refractivity contribution in [2.75, 3.05) is 0 Å². The van der Waals surface area contributed by atoms with Crippen LogP contribution in [-0.2, 0) is 5.41 Å². The highest BCUT2D eigenvalue weighted by atomic mass is 16.3. The van der Waals surface area contributed by atoms with Crippen LogP contribution in [0.3, 0.4) is 0 Å². The van der Waals surface area contributed by atoms with Gasteiger partial charge in [0.15, 0.2) is 0 Å². The van der Waals surface area contributed by atoms with Crippen LogP contribution in [0.2, 0.25) is 0 Å². The summed E-state index contributed by atoms with van der Waals surface area (Å²) in [5.74, 6) is 0.357. The summed E-state index contributed by atoms with van der Waals surface area (Å²) >= 11 is 0. The average molecular weight is 302 g/mol. The van der Waals surface area contributed by atoms with Crippen molar-refractivity contribution >= 4 is 0 Å². The minimum atomic E-state index is -0.153. The van der Waals surface area contributed by atoms with Crippen molar-refractivity contribution in [3.05, 3.63) is 78.4 Å². The summed E-state index contributed by atoms with van der Waals surface area (Å²) in [4.78, 5) is 0. The van der Waals surface area contributed by atoms with Gasteiger partial charge in [0.1, 0.15) is 5.75 Å². The third-order valence-corrected chi connectivity index (χ3v) is 4.08. The summed E-state index contributed by atoms with van der Waals surface area (Å²) in [5, 5.41) is 10.6. The molecule has 3 aromatic rings. The van der Waals surface area contributed by atoms with Crippen LogP contribution in [0.4, 0.5) is 0 Å². The van der Waals surface area contributed by atoms with E-state index < -0.39 is 0 Å². The average Bonchev–Trinajstić information content (AvgIpc) is 2.55. The van der Waals surface area contributed by atoms with Crippen molar-refractivity contribution in [1.82, 2.24) is 0 Å². The van der Waals surface area contributed by atoms with Gasteiger partial charge in [0, 0.05) is 5.56 Å². The Kier molecular flexibility index (Phi) is 3.96. The molecule has 0 saturated heterocycles. The Morgan fingerprint density at radius 3 is 1.70 bits per heavy atom. The predicted octanol–water partition coefficient (Wildman–Crippen LogP) is 6.02. The van der Waals surface area contributed by atoms with E-state index >= 15 is 0 Å². The van der Waals surface area contributed by atoms with Gasteiger partial charge >= 0.3 is 0 Å². The molecule has 3 aromatic carbocycles. The Morgan fingerprint density at radius 2 is 1.17 bits per heavy atom. The van der Waals surface area contributed by atoms with Gasteiger partial charge in [-0.15, -0.1) is 0 Å². The third-order valence-electron chi connectivity index (χ3n) is 4.08. The molecule has 1 nitrogen and oxygen atoms in total. The van der Waals surface area contributed by atoms with Crippen LogP contribution < -0.4 is 0 Å². The van der Waals surface area contributed by atoms with Gasteiger partial charge in [-0.05, 0) is 33.7 Å². The molecule has 3 rings (SSSR count). The molecule has 23 heavy (non-hydrogen) atoms. The van der Waals surface area contributed by atoms with Crippen LogP contribution >= 0.6 is 0 Å². The lowest BCUT2D eigenvalue weighted by Crippen LogP contribution is -2.14. The molecule has 0 unspecified atom stereocenters. The Bertz CT molecular complexity index is 797. The third kappa shape index (κ3) is 3.00. The van der Waals surface area contributed by atoms with Crippen molar-refractivity contribution in [3.8, 4) is 28.0 Å². The number of hydrogen-bond donors (Lipinski definition) is 1. The molecule has 0 atom stereocenters. The number of hydrogen-bond acceptors (Lipinski definition) is 1. The summed E-state index contributed by atoms with van der Waals surface area (Å²) in [6.07, 6.45) is 0. The number of phenolic OH excluding ortho intramolecular Hbond substituents is 1. The first-order chi connectivity index (χ1) is 11.0.